The van der Waals surface area contributed by atoms with Crippen LogP contribution in [0.5, 0.6) is 0 Å². The van der Waals surface area contributed by atoms with Crippen LogP contribution in [0.15, 0.2) is 90.1 Å². The highest BCUT2D eigenvalue weighted by Crippen LogP contribution is 2.29. The van der Waals surface area contributed by atoms with Gasteiger partial charge in [-0.25, -0.2) is 4.39 Å². The van der Waals surface area contributed by atoms with Gasteiger partial charge in [-0.3, -0.25) is 4.57 Å². The summed E-state index contributed by atoms with van der Waals surface area (Å²) in [6.45, 7) is 2.04. The Labute approximate surface area is 173 Å². The summed E-state index contributed by atoms with van der Waals surface area (Å²) >= 11 is 1.57. The van der Waals surface area contributed by atoms with E-state index in [1.165, 1.54) is 6.07 Å². The van der Waals surface area contributed by atoms with E-state index in [9.17, 15) is 4.39 Å². The SMILES string of the molecule is Cc1ccc(-n2c(SC/C=C/c3ccccc3)nnc2-c2ccccc2F)cc1. The van der Waals surface area contributed by atoms with Gasteiger partial charge in [-0.2, -0.15) is 0 Å². The van der Waals surface area contributed by atoms with Crippen LogP contribution in [0, 0.1) is 12.7 Å². The van der Waals surface area contributed by atoms with E-state index >= 15 is 0 Å². The van der Waals surface area contributed by atoms with E-state index in [0.29, 0.717) is 11.4 Å². The normalized spacial score (nSPS) is 11.2. The van der Waals surface area contributed by atoms with Gasteiger partial charge in [0, 0.05) is 11.4 Å². The second kappa shape index (κ2) is 8.88. The monoisotopic (exact) mass is 401 g/mol. The Morgan fingerprint density at radius 3 is 2.38 bits per heavy atom. The highest BCUT2D eigenvalue weighted by Gasteiger charge is 2.18. The van der Waals surface area contributed by atoms with Crippen molar-refractivity contribution in [1.29, 1.82) is 0 Å². The number of nitrogens with zero attached hydrogens (tertiary/aromatic N) is 3. The summed E-state index contributed by atoms with van der Waals surface area (Å²) < 4.78 is 16.4. The van der Waals surface area contributed by atoms with Gasteiger partial charge >= 0.3 is 0 Å². The molecule has 1 aromatic heterocycles. The average Bonchev–Trinajstić information content (AvgIpc) is 3.16. The number of aromatic nitrogens is 3. The molecule has 0 bridgehead atoms. The molecule has 0 saturated heterocycles. The summed E-state index contributed by atoms with van der Waals surface area (Å²) in [6.07, 6.45) is 4.17. The van der Waals surface area contributed by atoms with E-state index in [4.69, 9.17) is 0 Å². The molecule has 4 aromatic rings. The Bertz CT molecular complexity index is 1120. The second-order valence-electron chi connectivity index (χ2n) is 6.58. The zero-order chi connectivity index (χ0) is 20.1. The van der Waals surface area contributed by atoms with Crippen LogP contribution in [0.2, 0.25) is 0 Å². The van der Waals surface area contributed by atoms with Gasteiger partial charge < -0.3 is 0 Å². The molecule has 5 heteroatoms. The van der Waals surface area contributed by atoms with Crippen LogP contribution < -0.4 is 0 Å². The van der Waals surface area contributed by atoms with E-state index in [2.05, 4.69) is 34.5 Å². The Kier molecular flexibility index (Phi) is 5.86. The number of hydrogen-bond donors (Lipinski definition) is 0. The third-order valence-corrected chi connectivity index (χ3v) is 5.34. The van der Waals surface area contributed by atoms with Crippen molar-refractivity contribution < 1.29 is 4.39 Å². The lowest BCUT2D eigenvalue weighted by Crippen LogP contribution is -2.01. The van der Waals surface area contributed by atoms with E-state index < -0.39 is 0 Å². The third-order valence-electron chi connectivity index (χ3n) is 4.46. The Morgan fingerprint density at radius 2 is 1.62 bits per heavy atom. The summed E-state index contributed by atoms with van der Waals surface area (Å²) in [5, 5.41) is 9.39. The van der Waals surface area contributed by atoms with Crippen molar-refractivity contribution in [3.8, 4) is 17.1 Å². The molecule has 0 aliphatic rings. The van der Waals surface area contributed by atoms with Crippen LogP contribution in [0.25, 0.3) is 23.2 Å². The molecule has 29 heavy (non-hydrogen) atoms. The van der Waals surface area contributed by atoms with Gasteiger partial charge in [-0.05, 0) is 36.8 Å². The molecule has 144 valence electrons. The minimum absolute atomic E-state index is 0.311. The zero-order valence-corrected chi connectivity index (χ0v) is 16.8. The minimum Gasteiger partial charge on any atom is -0.270 e. The number of rotatable bonds is 6. The summed E-state index contributed by atoms with van der Waals surface area (Å²) in [5.74, 6) is 0.922. The predicted octanol–water partition coefficient (Wildman–Crippen LogP) is 6.19. The summed E-state index contributed by atoms with van der Waals surface area (Å²) in [5.41, 5.74) is 3.66. The lowest BCUT2D eigenvalue weighted by atomic mass is 10.2. The molecule has 3 nitrogen and oxygen atoms in total. The van der Waals surface area contributed by atoms with Gasteiger partial charge in [-0.1, -0.05) is 84.1 Å². The first kappa shape index (κ1) is 19.2. The van der Waals surface area contributed by atoms with Gasteiger partial charge in [0.2, 0.25) is 0 Å². The number of halogens is 1. The number of hydrogen-bond acceptors (Lipinski definition) is 3. The first-order valence-corrected chi connectivity index (χ1v) is 10.3. The highest BCUT2D eigenvalue weighted by molar-refractivity contribution is 7.99. The fourth-order valence-corrected chi connectivity index (χ4v) is 3.74. The molecule has 0 fully saturated rings. The van der Waals surface area contributed by atoms with Gasteiger partial charge in [0.25, 0.3) is 0 Å². The average molecular weight is 402 g/mol. The molecule has 0 radical (unpaired) electrons. The lowest BCUT2D eigenvalue weighted by molar-refractivity contribution is 0.629. The summed E-state index contributed by atoms with van der Waals surface area (Å²) in [4.78, 5) is 0. The summed E-state index contributed by atoms with van der Waals surface area (Å²) in [6, 6.07) is 24.9. The molecule has 0 aliphatic heterocycles. The van der Waals surface area contributed by atoms with Crippen molar-refractivity contribution in [2.75, 3.05) is 5.75 Å². The molecule has 0 amide bonds. The molecule has 0 spiro atoms. The first-order valence-electron chi connectivity index (χ1n) is 9.34. The largest absolute Gasteiger partial charge is 0.270 e. The fourth-order valence-electron chi connectivity index (χ4n) is 2.98. The molecule has 0 N–H and O–H groups in total. The molecule has 4 rings (SSSR count). The van der Waals surface area contributed by atoms with Crippen molar-refractivity contribution in [3.63, 3.8) is 0 Å². The standard InChI is InChI=1S/C24H20FN3S/c1-18-13-15-20(16-14-18)28-23(21-11-5-6-12-22(21)25)26-27-24(28)29-17-7-10-19-8-3-2-4-9-19/h2-16H,17H2,1H3/b10-7+. The predicted molar refractivity (Wildman–Crippen MR) is 118 cm³/mol. The van der Waals surface area contributed by atoms with Crippen molar-refractivity contribution in [2.45, 2.75) is 12.1 Å². The van der Waals surface area contributed by atoms with Crippen molar-refractivity contribution in [2.24, 2.45) is 0 Å². The highest BCUT2D eigenvalue weighted by atomic mass is 32.2. The smallest absolute Gasteiger partial charge is 0.196 e. The zero-order valence-electron chi connectivity index (χ0n) is 16.0. The Hall–Kier alpha value is -3.18. The molecular weight excluding hydrogens is 381 g/mol. The van der Waals surface area contributed by atoms with Crippen LogP contribution in [-0.4, -0.2) is 20.5 Å². The Balaban J connectivity index is 1.66. The van der Waals surface area contributed by atoms with Crippen molar-refractivity contribution >= 4 is 17.8 Å². The van der Waals surface area contributed by atoms with Crippen LogP contribution in [0.3, 0.4) is 0 Å². The molecule has 1 heterocycles. The number of benzene rings is 3. The van der Waals surface area contributed by atoms with E-state index in [0.717, 1.165) is 27.7 Å². The van der Waals surface area contributed by atoms with Crippen molar-refractivity contribution in [1.82, 2.24) is 14.8 Å². The van der Waals surface area contributed by atoms with Crippen LogP contribution in [0.4, 0.5) is 4.39 Å². The Morgan fingerprint density at radius 1 is 0.897 bits per heavy atom. The maximum absolute atomic E-state index is 14.4. The van der Waals surface area contributed by atoms with Crippen LogP contribution in [-0.2, 0) is 0 Å². The molecule has 0 atom stereocenters. The molecule has 0 aliphatic carbocycles. The van der Waals surface area contributed by atoms with E-state index in [1.54, 1.807) is 23.9 Å². The van der Waals surface area contributed by atoms with Crippen molar-refractivity contribution in [3.05, 3.63) is 102 Å². The number of thioether (sulfide) groups is 1. The van der Waals surface area contributed by atoms with Gasteiger partial charge in [0.15, 0.2) is 11.0 Å². The van der Waals surface area contributed by atoms with Gasteiger partial charge in [-0.15, -0.1) is 10.2 Å². The molecule has 3 aromatic carbocycles. The molecule has 0 unspecified atom stereocenters. The molecular formula is C24H20FN3S. The van der Waals surface area contributed by atoms with Crippen LogP contribution in [0.1, 0.15) is 11.1 Å². The maximum Gasteiger partial charge on any atom is 0.196 e. The third kappa shape index (κ3) is 4.46. The lowest BCUT2D eigenvalue weighted by Gasteiger charge is -2.11. The van der Waals surface area contributed by atoms with Gasteiger partial charge in [0.1, 0.15) is 5.82 Å². The topological polar surface area (TPSA) is 30.7 Å². The van der Waals surface area contributed by atoms with Crippen LogP contribution >= 0.6 is 11.8 Å². The summed E-state index contributed by atoms with van der Waals surface area (Å²) in [7, 11) is 0. The first-order chi connectivity index (χ1) is 14.2. The van der Waals surface area contributed by atoms with Gasteiger partial charge in [0.05, 0.1) is 5.56 Å². The van der Waals surface area contributed by atoms with E-state index in [1.807, 2.05) is 60.0 Å². The van der Waals surface area contributed by atoms with E-state index in [-0.39, 0.29) is 5.82 Å². The maximum atomic E-state index is 14.4. The molecule has 0 saturated carbocycles. The number of aryl methyl sites for hydroxylation is 1. The fraction of sp³-hybridized carbons (Fsp3) is 0.0833. The second-order valence-corrected chi connectivity index (χ2v) is 7.57. The minimum atomic E-state index is -0.311. The quantitative estimate of drug-likeness (QED) is 0.361.